The van der Waals surface area contributed by atoms with Crippen LogP contribution in [0.5, 0.6) is 0 Å². The number of nitrogens with one attached hydrogen (secondary N) is 1. The summed E-state index contributed by atoms with van der Waals surface area (Å²) < 4.78 is 35.0. The maximum atomic E-state index is 11.7. The Morgan fingerprint density at radius 1 is 1.08 bits per heavy atom. The summed E-state index contributed by atoms with van der Waals surface area (Å²) in [6, 6.07) is 0. The van der Waals surface area contributed by atoms with Crippen molar-refractivity contribution in [2.45, 2.75) is 32.5 Å². The molecule has 0 rings (SSSR count). The first-order valence-corrected chi connectivity index (χ1v) is 3.48. The third-order valence-electron chi connectivity index (χ3n) is 0.952. The largest absolute Gasteiger partial charge is 0.460 e. The summed E-state index contributed by atoms with van der Waals surface area (Å²) in [5, 5.41) is 1.92. The lowest BCUT2D eigenvalue weighted by molar-refractivity contribution is -0.175. The summed E-state index contributed by atoms with van der Waals surface area (Å²) in [5.41, 5.74) is -0.849. The molecule has 0 aliphatic heterocycles. The van der Waals surface area contributed by atoms with Crippen LogP contribution in [0.15, 0.2) is 0 Å². The summed E-state index contributed by atoms with van der Waals surface area (Å²) in [6.45, 7) is 4.44. The maximum Gasteiger partial charge on any atom is 0.460 e. The molecule has 6 heteroatoms. The Hall–Kier alpha value is -1.07. The molecule has 0 saturated carbocycles. The van der Waals surface area contributed by atoms with E-state index in [2.05, 4.69) is 0 Å². The minimum atomic E-state index is -5.10. The predicted octanol–water partition coefficient (Wildman–Crippen LogP) is 1.03. The van der Waals surface area contributed by atoms with Crippen LogP contribution in [0.25, 0.3) is 0 Å². The number of hydrogen-bond donors (Lipinski definition) is 1. The minimum absolute atomic E-state index is 0.849. The standard InChI is InChI=1S/C7H10F3NO2/c1-6(2,3)11-5(13)4(12)7(8,9)10/h1-3H3,(H,11,13). The number of amides is 1. The van der Waals surface area contributed by atoms with Gasteiger partial charge in [0.2, 0.25) is 0 Å². The van der Waals surface area contributed by atoms with Crippen molar-refractivity contribution in [1.29, 1.82) is 0 Å². The van der Waals surface area contributed by atoms with Crippen LogP contribution < -0.4 is 5.32 Å². The summed E-state index contributed by atoms with van der Waals surface area (Å²) >= 11 is 0. The number of rotatable bonds is 1. The van der Waals surface area contributed by atoms with E-state index in [9.17, 15) is 22.8 Å². The summed E-state index contributed by atoms with van der Waals surface area (Å²) in [7, 11) is 0. The van der Waals surface area contributed by atoms with Crippen molar-refractivity contribution in [3.05, 3.63) is 0 Å². The van der Waals surface area contributed by atoms with Crippen molar-refractivity contribution in [2.24, 2.45) is 0 Å². The Balaban J connectivity index is 4.40. The fourth-order valence-corrected chi connectivity index (χ4v) is 0.526. The molecule has 0 unspecified atom stereocenters. The van der Waals surface area contributed by atoms with Gasteiger partial charge in [0.05, 0.1) is 0 Å². The van der Waals surface area contributed by atoms with E-state index in [0.29, 0.717) is 0 Å². The molecule has 0 heterocycles. The van der Waals surface area contributed by atoms with E-state index in [1.165, 1.54) is 20.8 Å². The first-order valence-electron chi connectivity index (χ1n) is 3.48. The number of hydrogen-bond acceptors (Lipinski definition) is 2. The van der Waals surface area contributed by atoms with Crippen molar-refractivity contribution in [1.82, 2.24) is 5.32 Å². The highest BCUT2D eigenvalue weighted by Gasteiger charge is 2.44. The molecule has 0 spiro atoms. The van der Waals surface area contributed by atoms with Crippen LogP contribution in [-0.2, 0) is 9.59 Å². The van der Waals surface area contributed by atoms with E-state index in [1.54, 1.807) is 0 Å². The first-order chi connectivity index (χ1) is 5.54. The van der Waals surface area contributed by atoms with Crippen LogP contribution in [0.1, 0.15) is 20.8 Å². The lowest BCUT2D eigenvalue weighted by Crippen LogP contribution is -2.48. The molecule has 0 radical (unpaired) electrons. The van der Waals surface area contributed by atoms with Gasteiger partial charge in [0, 0.05) is 5.54 Å². The lowest BCUT2D eigenvalue weighted by atomic mass is 10.1. The Bertz CT molecular complexity index is 227. The zero-order valence-corrected chi connectivity index (χ0v) is 7.45. The fraction of sp³-hybridized carbons (Fsp3) is 0.714. The highest BCUT2D eigenvalue weighted by Crippen LogP contribution is 2.16. The molecule has 0 aliphatic rings. The van der Waals surface area contributed by atoms with Crippen LogP contribution in [0.3, 0.4) is 0 Å². The van der Waals surface area contributed by atoms with Gasteiger partial charge in [-0.3, -0.25) is 9.59 Å². The molecule has 0 bridgehead atoms. The Labute approximate surface area is 73.3 Å². The highest BCUT2D eigenvalue weighted by molar-refractivity contribution is 6.38. The average molecular weight is 197 g/mol. The van der Waals surface area contributed by atoms with Gasteiger partial charge in [-0.1, -0.05) is 0 Å². The van der Waals surface area contributed by atoms with Gasteiger partial charge in [-0.2, -0.15) is 13.2 Å². The second kappa shape index (κ2) is 3.35. The Kier molecular flexibility index (Phi) is 3.08. The fourth-order valence-electron chi connectivity index (χ4n) is 0.526. The van der Waals surface area contributed by atoms with E-state index in [4.69, 9.17) is 0 Å². The van der Waals surface area contributed by atoms with Gasteiger partial charge in [0.15, 0.2) is 0 Å². The van der Waals surface area contributed by atoms with Gasteiger partial charge in [-0.25, -0.2) is 0 Å². The van der Waals surface area contributed by atoms with Gasteiger partial charge < -0.3 is 5.32 Å². The van der Waals surface area contributed by atoms with E-state index < -0.39 is 23.4 Å². The van der Waals surface area contributed by atoms with Crippen LogP contribution in [0.4, 0.5) is 13.2 Å². The number of carbonyl (C=O) groups excluding carboxylic acids is 2. The number of alkyl halides is 3. The van der Waals surface area contributed by atoms with Crippen LogP contribution in [0, 0.1) is 0 Å². The second-order valence-corrected chi connectivity index (χ2v) is 3.53. The van der Waals surface area contributed by atoms with E-state index in [1.807, 2.05) is 5.32 Å². The minimum Gasteiger partial charge on any atom is -0.345 e. The first kappa shape index (κ1) is 11.9. The topological polar surface area (TPSA) is 46.2 Å². The molecule has 13 heavy (non-hydrogen) atoms. The van der Waals surface area contributed by atoms with Crippen molar-refractivity contribution in [2.75, 3.05) is 0 Å². The molecule has 0 aliphatic carbocycles. The summed E-state index contributed by atoms with van der Waals surface area (Å²) in [4.78, 5) is 20.9. The van der Waals surface area contributed by atoms with Crippen molar-refractivity contribution < 1.29 is 22.8 Å². The van der Waals surface area contributed by atoms with Gasteiger partial charge in [0.25, 0.3) is 5.91 Å². The van der Waals surface area contributed by atoms with E-state index in [-0.39, 0.29) is 0 Å². The van der Waals surface area contributed by atoms with E-state index >= 15 is 0 Å². The van der Waals surface area contributed by atoms with E-state index in [0.717, 1.165) is 0 Å². The molecule has 0 aromatic heterocycles. The maximum absolute atomic E-state index is 11.7. The third-order valence-corrected chi connectivity index (χ3v) is 0.952. The molecule has 0 saturated heterocycles. The monoisotopic (exact) mass is 197 g/mol. The number of halogens is 3. The molecule has 0 atom stereocenters. The molecule has 0 fully saturated rings. The molecule has 0 aromatic carbocycles. The van der Waals surface area contributed by atoms with Crippen LogP contribution >= 0.6 is 0 Å². The van der Waals surface area contributed by atoms with Gasteiger partial charge >= 0.3 is 12.0 Å². The predicted molar refractivity (Wildman–Crippen MR) is 39.0 cm³/mol. The van der Waals surface area contributed by atoms with Crippen molar-refractivity contribution in [3.8, 4) is 0 Å². The molecular weight excluding hydrogens is 187 g/mol. The van der Waals surface area contributed by atoms with Gasteiger partial charge in [0.1, 0.15) is 0 Å². The average Bonchev–Trinajstić information content (AvgIpc) is 1.79. The van der Waals surface area contributed by atoms with Gasteiger partial charge in [-0.15, -0.1) is 0 Å². The van der Waals surface area contributed by atoms with Crippen LogP contribution in [0.2, 0.25) is 0 Å². The quantitative estimate of drug-likeness (QED) is 0.638. The molecule has 1 amide bonds. The molecule has 76 valence electrons. The summed E-state index contributed by atoms with van der Waals surface area (Å²) in [5.74, 6) is -4.00. The molecule has 0 aromatic rings. The Morgan fingerprint density at radius 3 is 1.69 bits per heavy atom. The second-order valence-electron chi connectivity index (χ2n) is 3.53. The normalized spacial score (nSPS) is 12.5. The third kappa shape index (κ3) is 4.49. The molecule has 3 nitrogen and oxygen atoms in total. The smallest absolute Gasteiger partial charge is 0.345 e. The van der Waals surface area contributed by atoms with Crippen molar-refractivity contribution in [3.63, 3.8) is 0 Å². The molecule has 1 N–H and O–H groups in total. The number of Topliss-reactive ketones (excluding diaryl/α,β-unsaturated/α-hetero) is 1. The summed E-state index contributed by atoms with van der Waals surface area (Å²) in [6.07, 6.45) is -5.10. The SMILES string of the molecule is CC(C)(C)NC(=O)C(=O)C(F)(F)F. The highest BCUT2D eigenvalue weighted by atomic mass is 19.4. The van der Waals surface area contributed by atoms with Gasteiger partial charge in [-0.05, 0) is 20.8 Å². The number of ketones is 1. The number of carbonyl (C=O) groups is 2. The Morgan fingerprint density at radius 2 is 1.46 bits per heavy atom. The lowest BCUT2D eigenvalue weighted by Gasteiger charge is -2.19. The van der Waals surface area contributed by atoms with Crippen molar-refractivity contribution >= 4 is 11.7 Å². The molecular formula is C7H10F3NO2. The zero-order chi connectivity index (χ0) is 10.9. The zero-order valence-electron chi connectivity index (χ0n) is 7.45. The van der Waals surface area contributed by atoms with Crippen LogP contribution in [-0.4, -0.2) is 23.4 Å².